The zero-order valence-corrected chi connectivity index (χ0v) is 11.6. The molecule has 102 valence electrons. The molecule has 3 rings (SSSR count). The summed E-state index contributed by atoms with van der Waals surface area (Å²) in [5, 5.41) is 12.8. The van der Waals surface area contributed by atoms with E-state index in [-0.39, 0.29) is 11.3 Å². The number of rotatable bonds is 6. The van der Waals surface area contributed by atoms with Gasteiger partial charge in [0.2, 0.25) is 5.16 Å². The Hall–Kier alpha value is -1.34. The van der Waals surface area contributed by atoms with Gasteiger partial charge in [-0.25, -0.2) is 4.68 Å². The normalized spacial score (nSPS) is 18.4. The third-order valence-corrected chi connectivity index (χ3v) is 4.59. The summed E-state index contributed by atoms with van der Waals surface area (Å²) in [6.45, 7) is 2.07. The molecule has 1 aliphatic rings. The molecule has 1 saturated carbocycles. The van der Waals surface area contributed by atoms with Gasteiger partial charge in [0.15, 0.2) is 0 Å². The topological polar surface area (TPSA) is 82.8 Å². The van der Waals surface area contributed by atoms with E-state index in [1.54, 1.807) is 18.0 Å². The van der Waals surface area contributed by atoms with Crippen molar-refractivity contribution < 1.29 is 4.42 Å². The van der Waals surface area contributed by atoms with Crippen LogP contribution in [0.3, 0.4) is 0 Å². The van der Waals surface area contributed by atoms with Crippen molar-refractivity contribution in [1.29, 1.82) is 0 Å². The molecule has 0 radical (unpaired) electrons. The molecule has 2 heterocycles. The predicted molar refractivity (Wildman–Crippen MR) is 71.7 cm³/mol. The van der Waals surface area contributed by atoms with Crippen LogP contribution in [-0.2, 0) is 0 Å². The first-order valence-electron chi connectivity index (χ1n) is 6.53. The number of nitrogens with zero attached hydrogens (tertiary/aromatic N) is 4. The zero-order valence-electron chi connectivity index (χ0n) is 10.8. The zero-order chi connectivity index (χ0) is 13.2. The Balaban J connectivity index is 1.82. The van der Waals surface area contributed by atoms with E-state index in [1.165, 1.54) is 0 Å². The van der Waals surface area contributed by atoms with Crippen LogP contribution in [0.4, 0.5) is 0 Å². The van der Waals surface area contributed by atoms with Gasteiger partial charge < -0.3 is 10.2 Å². The van der Waals surface area contributed by atoms with Crippen molar-refractivity contribution in [3.63, 3.8) is 0 Å². The van der Waals surface area contributed by atoms with Gasteiger partial charge in [-0.15, -0.1) is 5.10 Å². The molecular weight excluding hydrogens is 262 g/mol. The number of aromatic nitrogens is 4. The first kappa shape index (κ1) is 12.7. The van der Waals surface area contributed by atoms with Gasteiger partial charge in [0.1, 0.15) is 5.76 Å². The molecule has 0 aliphatic heterocycles. The summed E-state index contributed by atoms with van der Waals surface area (Å²) in [6.07, 6.45) is 4.87. The molecule has 1 fully saturated rings. The monoisotopic (exact) mass is 279 g/mol. The van der Waals surface area contributed by atoms with Gasteiger partial charge >= 0.3 is 0 Å². The van der Waals surface area contributed by atoms with Crippen LogP contribution in [0, 0.1) is 0 Å². The lowest BCUT2D eigenvalue weighted by molar-refractivity contribution is 0.472. The Morgan fingerprint density at radius 3 is 3.05 bits per heavy atom. The van der Waals surface area contributed by atoms with E-state index in [0.29, 0.717) is 6.04 Å². The number of hydrogen-bond donors (Lipinski definition) is 1. The van der Waals surface area contributed by atoms with Gasteiger partial charge in [-0.2, -0.15) is 0 Å². The summed E-state index contributed by atoms with van der Waals surface area (Å²) in [5.74, 6) is 0.879. The highest BCUT2D eigenvalue weighted by atomic mass is 32.2. The molecule has 2 N–H and O–H groups in total. The van der Waals surface area contributed by atoms with Gasteiger partial charge in [-0.3, -0.25) is 0 Å². The fourth-order valence-corrected chi connectivity index (χ4v) is 3.17. The van der Waals surface area contributed by atoms with E-state index in [1.807, 2.05) is 16.8 Å². The van der Waals surface area contributed by atoms with Crippen molar-refractivity contribution in [2.24, 2.45) is 5.73 Å². The SMILES string of the molecule is CCC(N)C(Sc1nnnn1C1CC1)c1ccco1. The average molecular weight is 279 g/mol. The molecule has 2 aromatic heterocycles. The predicted octanol–water partition coefficient (Wildman–Crippen LogP) is 2.17. The lowest BCUT2D eigenvalue weighted by atomic mass is 10.1. The molecule has 0 saturated heterocycles. The number of tetrazole rings is 1. The van der Waals surface area contributed by atoms with Gasteiger partial charge in [0.25, 0.3) is 0 Å². The first-order chi connectivity index (χ1) is 9.29. The van der Waals surface area contributed by atoms with Crippen molar-refractivity contribution in [1.82, 2.24) is 20.2 Å². The highest BCUT2D eigenvalue weighted by Crippen LogP contribution is 2.41. The second kappa shape index (κ2) is 5.34. The van der Waals surface area contributed by atoms with Gasteiger partial charge in [-0.1, -0.05) is 18.7 Å². The Kier molecular flexibility index (Phi) is 3.56. The quantitative estimate of drug-likeness (QED) is 0.816. The molecule has 2 aromatic rings. The minimum absolute atomic E-state index is 0.0144. The maximum Gasteiger partial charge on any atom is 0.210 e. The summed E-state index contributed by atoms with van der Waals surface area (Å²) in [5.41, 5.74) is 6.21. The fourth-order valence-electron chi connectivity index (χ4n) is 1.95. The Labute approximate surface area is 115 Å². The smallest absolute Gasteiger partial charge is 0.210 e. The molecule has 0 aromatic carbocycles. The van der Waals surface area contributed by atoms with Crippen molar-refractivity contribution >= 4 is 11.8 Å². The summed E-state index contributed by atoms with van der Waals surface area (Å²) < 4.78 is 7.41. The van der Waals surface area contributed by atoms with Crippen LogP contribution in [0.2, 0.25) is 0 Å². The molecule has 2 unspecified atom stereocenters. The average Bonchev–Trinajstić information content (AvgIpc) is 2.94. The summed E-state index contributed by atoms with van der Waals surface area (Å²) >= 11 is 1.59. The second-order valence-corrected chi connectivity index (χ2v) is 5.87. The van der Waals surface area contributed by atoms with Crippen LogP contribution in [0.1, 0.15) is 43.2 Å². The largest absolute Gasteiger partial charge is 0.468 e. The third kappa shape index (κ3) is 2.66. The van der Waals surface area contributed by atoms with Gasteiger partial charge in [0.05, 0.1) is 17.6 Å². The minimum atomic E-state index is 0.0144. The Morgan fingerprint density at radius 1 is 1.58 bits per heavy atom. The van der Waals surface area contributed by atoms with E-state index in [2.05, 4.69) is 22.4 Å². The maximum absolute atomic E-state index is 6.21. The molecule has 0 bridgehead atoms. The van der Waals surface area contributed by atoms with Gasteiger partial charge in [0, 0.05) is 6.04 Å². The molecule has 6 nitrogen and oxygen atoms in total. The lowest BCUT2D eigenvalue weighted by Crippen LogP contribution is -2.25. The van der Waals surface area contributed by atoms with Crippen molar-refractivity contribution in [2.75, 3.05) is 0 Å². The minimum Gasteiger partial charge on any atom is -0.468 e. The Bertz CT molecular complexity index is 522. The number of hydrogen-bond acceptors (Lipinski definition) is 6. The van der Waals surface area contributed by atoms with Gasteiger partial charge in [-0.05, 0) is 41.8 Å². The molecule has 19 heavy (non-hydrogen) atoms. The molecular formula is C12H17N5OS. The molecule has 0 spiro atoms. The summed E-state index contributed by atoms with van der Waals surface area (Å²) in [4.78, 5) is 0. The number of nitrogens with two attached hydrogens (primary N) is 1. The fraction of sp³-hybridized carbons (Fsp3) is 0.583. The number of thioether (sulfide) groups is 1. The Morgan fingerprint density at radius 2 is 2.42 bits per heavy atom. The third-order valence-electron chi connectivity index (χ3n) is 3.27. The van der Waals surface area contributed by atoms with Crippen LogP contribution in [0.25, 0.3) is 0 Å². The molecule has 2 atom stereocenters. The van der Waals surface area contributed by atoms with Crippen LogP contribution in [-0.4, -0.2) is 26.2 Å². The van der Waals surface area contributed by atoms with E-state index in [4.69, 9.17) is 10.2 Å². The maximum atomic E-state index is 6.21. The lowest BCUT2D eigenvalue weighted by Gasteiger charge is -2.19. The first-order valence-corrected chi connectivity index (χ1v) is 7.41. The highest BCUT2D eigenvalue weighted by molar-refractivity contribution is 7.99. The van der Waals surface area contributed by atoms with Crippen molar-refractivity contribution in [2.45, 2.75) is 48.7 Å². The van der Waals surface area contributed by atoms with Crippen molar-refractivity contribution in [3.05, 3.63) is 24.2 Å². The summed E-state index contributed by atoms with van der Waals surface area (Å²) in [6, 6.07) is 4.32. The highest BCUT2D eigenvalue weighted by Gasteiger charge is 2.31. The summed E-state index contributed by atoms with van der Waals surface area (Å²) in [7, 11) is 0. The number of furan rings is 1. The van der Waals surface area contributed by atoms with E-state index >= 15 is 0 Å². The van der Waals surface area contributed by atoms with E-state index < -0.39 is 0 Å². The molecule has 7 heteroatoms. The molecule has 1 aliphatic carbocycles. The van der Waals surface area contributed by atoms with Crippen LogP contribution >= 0.6 is 11.8 Å². The van der Waals surface area contributed by atoms with E-state index in [9.17, 15) is 0 Å². The van der Waals surface area contributed by atoms with E-state index in [0.717, 1.165) is 30.2 Å². The van der Waals surface area contributed by atoms with Crippen LogP contribution in [0.15, 0.2) is 28.0 Å². The standard InChI is InChI=1S/C12H17N5OS/c1-2-9(13)11(10-4-3-7-18-10)19-12-14-15-16-17(12)8-5-6-8/h3-4,7-9,11H,2,5-6,13H2,1H3. The van der Waals surface area contributed by atoms with Crippen LogP contribution < -0.4 is 5.73 Å². The van der Waals surface area contributed by atoms with Crippen LogP contribution in [0.5, 0.6) is 0 Å². The molecule has 0 amide bonds. The van der Waals surface area contributed by atoms with Crippen molar-refractivity contribution in [3.8, 4) is 0 Å². The second-order valence-electron chi connectivity index (χ2n) is 4.76.